The van der Waals surface area contributed by atoms with Crippen LogP contribution in [-0.2, 0) is 0 Å². The fraction of sp³-hybridized carbons (Fsp3) is 0.333. The molecule has 2 aromatic rings. The summed E-state index contributed by atoms with van der Waals surface area (Å²) in [4.78, 5) is 28.8. The van der Waals surface area contributed by atoms with Gasteiger partial charge < -0.3 is 15.6 Å². The van der Waals surface area contributed by atoms with Crippen LogP contribution in [0, 0.1) is 0 Å². The molecule has 0 spiro atoms. The van der Waals surface area contributed by atoms with Gasteiger partial charge in [0.1, 0.15) is 0 Å². The minimum atomic E-state index is -0.174. The highest BCUT2D eigenvalue weighted by Gasteiger charge is 2.23. The average Bonchev–Trinajstić information content (AvgIpc) is 2.47. The highest BCUT2D eigenvalue weighted by Crippen LogP contribution is 2.18. The van der Waals surface area contributed by atoms with Crippen molar-refractivity contribution in [2.45, 2.75) is 18.9 Å². The molecule has 20 heavy (non-hydrogen) atoms. The van der Waals surface area contributed by atoms with Crippen LogP contribution < -0.4 is 11.3 Å². The van der Waals surface area contributed by atoms with E-state index in [0.29, 0.717) is 22.9 Å². The van der Waals surface area contributed by atoms with Crippen LogP contribution in [0.4, 0.5) is 0 Å². The number of likely N-dealkylation sites (tertiary alicyclic amines) is 1. The van der Waals surface area contributed by atoms with Gasteiger partial charge in [-0.25, -0.2) is 0 Å². The Hall–Kier alpha value is -2.14. The first kappa shape index (κ1) is 12.9. The van der Waals surface area contributed by atoms with E-state index in [4.69, 9.17) is 5.73 Å². The fourth-order valence-corrected chi connectivity index (χ4v) is 2.75. The van der Waals surface area contributed by atoms with Gasteiger partial charge in [-0.2, -0.15) is 0 Å². The van der Waals surface area contributed by atoms with Gasteiger partial charge in [0.2, 0.25) is 0 Å². The first-order valence-corrected chi connectivity index (χ1v) is 6.82. The van der Waals surface area contributed by atoms with Crippen molar-refractivity contribution in [2.75, 3.05) is 13.1 Å². The zero-order chi connectivity index (χ0) is 14.1. The third kappa shape index (κ3) is 2.20. The number of hydrogen-bond donors (Lipinski definition) is 2. The second-order valence-corrected chi connectivity index (χ2v) is 5.23. The summed E-state index contributed by atoms with van der Waals surface area (Å²) in [6.45, 7) is 1.30. The summed E-state index contributed by atoms with van der Waals surface area (Å²) in [6, 6.07) is 7.21. The van der Waals surface area contributed by atoms with Gasteiger partial charge in [-0.05, 0) is 18.9 Å². The van der Waals surface area contributed by atoms with Gasteiger partial charge in [-0.15, -0.1) is 0 Å². The lowest BCUT2D eigenvalue weighted by Crippen LogP contribution is -2.45. The fourth-order valence-electron chi connectivity index (χ4n) is 2.75. The zero-order valence-corrected chi connectivity index (χ0v) is 11.1. The van der Waals surface area contributed by atoms with Crippen molar-refractivity contribution < 1.29 is 4.79 Å². The number of H-pyrrole nitrogens is 1. The van der Waals surface area contributed by atoms with E-state index in [1.807, 2.05) is 12.1 Å². The summed E-state index contributed by atoms with van der Waals surface area (Å²) >= 11 is 0. The number of nitrogens with one attached hydrogen (secondary N) is 1. The number of pyridine rings is 1. The maximum Gasteiger partial charge on any atom is 0.256 e. The minimum absolute atomic E-state index is 0.0433. The Bertz CT molecular complexity index is 708. The summed E-state index contributed by atoms with van der Waals surface area (Å²) < 4.78 is 0. The second-order valence-electron chi connectivity index (χ2n) is 5.23. The lowest BCUT2D eigenvalue weighted by molar-refractivity contribution is 0.0710. The lowest BCUT2D eigenvalue weighted by Gasteiger charge is -2.31. The Labute approximate surface area is 116 Å². The van der Waals surface area contributed by atoms with Crippen LogP contribution in [0.5, 0.6) is 0 Å². The lowest BCUT2D eigenvalue weighted by atomic mass is 10.0. The number of amides is 1. The number of hydrogen-bond acceptors (Lipinski definition) is 3. The molecule has 3 N–H and O–H groups in total. The van der Waals surface area contributed by atoms with Crippen molar-refractivity contribution in [3.63, 3.8) is 0 Å². The Morgan fingerprint density at radius 2 is 2.05 bits per heavy atom. The molecule has 1 atom stereocenters. The Morgan fingerprint density at radius 3 is 2.80 bits per heavy atom. The van der Waals surface area contributed by atoms with Crippen LogP contribution in [0.2, 0.25) is 0 Å². The van der Waals surface area contributed by atoms with Crippen molar-refractivity contribution >= 4 is 16.7 Å². The van der Waals surface area contributed by atoms with Crippen molar-refractivity contribution in [3.05, 3.63) is 46.4 Å². The van der Waals surface area contributed by atoms with Gasteiger partial charge in [0.15, 0.2) is 0 Å². The SMILES string of the molecule is N[C@@H]1CCCN(C(=O)c2c[nH]c(=O)c3ccccc23)C1. The quantitative estimate of drug-likeness (QED) is 0.815. The van der Waals surface area contributed by atoms with E-state index < -0.39 is 0 Å². The van der Waals surface area contributed by atoms with E-state index in [2.05, 4.69) is 4.98 Å². The van der Waals surface area contributed by atoms with Gasteiger partial charge >= 0.3 is 0 Å². The molecule has 0 aliphatic carbocycles. The molecular formula is C15H17N3O2. The van der Waals surface area contributed by atoms with E-state index in [-0.39, 0.29) is 17.5 Å². The molecule has 5 heteroatoms. The normalized spacial score (nSPS) is 19.2. The highest BCUT2D eigenvalue weighted by molar-refractivity contribution is 6.06. The molecule has 104 valence electrons. The summed E-state index contributed by atoms with van der Waals surface area (Å²) in [5.74, 6) is -0.0624. The van der Waals surface area contributed by atoms with Crippen molar-refractivity contribution in [1.82, 2.24) is 9.88 Å². The molecule has 0 unspecified atom stereocenters. The Morgan fingerprint density at radius 1 is 1.30 bits per heavy atom. The zero-order valence-electron chi connectivity index (χ0n) is 11.1. The second kappa shape index (κ2) is 5.09. The molecule has 0 saturated carbocycles. The number of nitrogens with two attached hydrogens (primary N) is 1. The van der Waals surface area contributed by atoms with E-state index >= 15 is 0 Å². The topological polar surface area (TPSA) is 79.2 Å². The molecule has 1 saturated heterocycles. The standard InChI is InChI=1S/C15H17N3O2/c16-10-4-3-7-18(9-10)15(20)13-8-17-14(19)12-6-2-1-5-11(12)13/h1-2,5-6,8,10H,3-4,7,9,16H2,(H,17,19)/t10-/m1/s1. The molecule has 2 heterocycles. The number of piperidine rings is 1. The molecular weight excluding hydrogens is 254 g/mol. The molecule has 1 aliphatic rings. The largest absolute Gasteiger partial charge is 0.337 e. The predicted molar refractivity (Wildman–Crippen MR) is 77.7 cm³/mol. The number of fused-ring (bicyclic) bond motifs is 1. The highest BCUT2D eigenvalue weighted by atomic mass is 16.2. The molecule has 1 aromatic heterocycles. The van der Waals surface area contributed by atoms with E-state index in [1.54, 1.807) is 17.0 Å². The maximum atomic E-state index is 12.6. The number of rotatable bonds is 1. The first-order chi connectivity index (χ1) is 9.66. The number of aromatic nitrogens is 1. The minimum Gasteiger partial charge on any atom is -0.337 e. The number of carbonyl (C=O) groups excluding carboxylic acids is 1. The first-order valence-electron chi connectivity index (χ1n) is 6.82. The van der Waals surface area contributed by atoms with E-state index in [0.717, 1.165) is 19.4 Å². The molecule has 0 bridgehead atoms. The predicted octanol–water partition coefficient (Wildman–Crippen LogP) is 1.09. The Kier molecular flexibility index (Phi) is 3.28. The molecule has 1 amide bonds. The van der Waals surface area contributed by atoms with Gasteiger partial charge in [0.05, 0.1) is 5.56 Å². The van der Waals surface area contributed by atoms with Crippen LogP contribution in [0.1, 0.15) is 23.2 Å². The van der Waals surface area contributed by atoms with E-state index in [9.17, 15) is 9.59 Å². The third-order valence-electron chi connectivity index (χ3n) is 3.78. The maximum absolute atomic E-state index is 12.6. The smallest absolute Gasteiger partial charge is 0.256 e. The Balaban J connectivity index is 2.04. The third-order valence-corrected chi connectivity index (χ3v) is 3.78. The van der Waals surface area contributed by atoms with Crippen LogP contribution in [-0.4, -0.2) is 34.9 Å². The van der Waals surface area contributed by atoms with Crippen LogP contribution in [0.15, 0.2) is 35.3 Å². The molecule has 1 aliphatic heterocycles. The number of benzene rings is 1. The number of nitrogens with zero attached hydrogens (tertiary/aromatic N) is 1. The van der Waals surface area contributed by atoms with Crippen molar-refractivity contribution in [3.8, 4) is 0 Å². The summed E-state index contributed by atoms with van der Waals surface area (Å²) in [6.07, 6.45) is 3.39. The van der Waals surface area contributed by atoms with Crippen LogP contribution >= 0.6 is 0 Å². The monoisotopic (exact) mass is 271 g/mol. The molecule has 0 radical (unpaired) electrons. The van der Waals surface area contributed by atoms with Gasteiger partial charge in [0.25, 0.3) is 11.5 Å². The van der Waals surface area contributed by atoms with E-state index in [1.165, 1.54) is 6.20 Å². The average molecular weight is 271 g/mol. The van der Waals surface area contributed by atoms with Crippen LogP contribution in [0.3, 0.4) is 0 Å². The number of aromatic amines is 1. The van der Waals surface area contributed by atoms with Crippen molar-refractivity contribution in [2.24, 2.45) is 5.73 Å². The summed E-state index contributed by atoms with van der Waals surface area (Å²) in [5.41, 5.74) is 6.29. The van der Waals surface area contributed by atoms with Crippen LogP contribution in [0.25, 0.3) is 10.8 Å². The molecule has 5 nitrogen and oxygen atoms in total. The summed E-state index contributed by atoms with van der Waals surface area (Å²) in [5, 5.41) is 1.24. The molecule has 1 aromatic carbocycles. The molecule has 1 fully saturated rings. The van der Waals surface area contributed by atoms with Gasteiger partial charge in [0, 0.05) is 36.1 Å². The van der Waals surface area contributed by atoms with Gasteiger partial charge in [-0.3, -0.25) is 9.59 Å². The van der Waals surface area contributed by atoms with Gasteiger partial charge in [-0.1, -0.05) is 18.2 Å². The van der Waals surface area contributed by atoms with Crippen molar-refractivity contribution in [1.29, 1.82) is 0 Å². The molecule has 3 rings (SSSR count). The summed E-state index contributed by atoms with van der Waals surface area (Å²) in [7, 11) is 0. The number of carbonyl (C=O) groups is 1.